The van der Waals surface area contributed by atoms with Crippen LogP contribution in [0.15, 0.2) is 46.1 Å². The number of hydrogen-bond acceptors (Lipinski definition) is 8. The van der Waals surface area contributed by atoms with Gasteiger partial charge in [-0.25, -0.2) is 36.2 Å². The van der Waals surface area contributed by atoms with E-state index in [0.29, 0.717) is 17.0 Å². The molecular formula is C24H22F3N3O7S2. The normalized spacial score (nSPS) is 11.7. The highest BCUT2D eigenvalue weighted by atomic mass is 32.2. The lowest BCUT2D eigenvalue weighted by Crippen LogP contribution is -2.38. The summed E-state index contributed by atoms with van der Waals surface area (Å²) in [6.45, 7) is 4.95. The summed E-state index contributed by atoms with van der Waals surface area (Å²) in [6.07, 6.45) is -3.26. The molecule has 0 fully saturated rings. The van der Waals surface area contributed by atoms with Gasteiger partial charge in [0.05, 0.1) is 17.7 Å². The number of thiazole rings is 1. The molecule has 0 spiro atoms. The number of aromatic nitrogens is 1. The number of hydrogen-bond donors (Lipinski definition) is 1. The minimum atomic E-state index is -5.37. The summed E-state index contributed by atoms with van der Waals surface area (Å²) in [6, 6.07) is 4.49. The van der Waals surface area contributed by atoms with Gasteiger partial charge in [-0.3, -0.25) is 9.69 Å². The highest BCUT2D eigenvalue weighted by Gasteiger charge is 2.38. The van der Waals surface area contributed by atoms with Gasteiger partial charge in [-0.1, -0.05) is 12.1 Å². The fourth-order valence-corrected chi connectivity index (χ4v) is 5.39. The number of sulfonamides is 1. The lowest BCUT2D eigenvalue weighted by Gasteiger charge is -2.28. The van der Waals surface area contributed by atoms with Gasteiger partial charge < -0.3 is 9.84 Å². The third kappa shape index (κ3) is 6.37. The van der Waals surface area contributed by atoms with Gasteiger partial charge in [0.2, 0.25) is 0 Å². The quantitative estimate of drug-likeness (QED) is 0.355. The van der Waals surface area contributed by atoms with E-state index >= 15 is 8.78 Å². The molecule has 39 heavy (non-hydrogen) atoms. The third-order valence-corrected chi connectivity index (χ3v) is 7.33. The van der Waals surface area contributed by atoms with Crippen molar-refractivity contribution in [1.29, 1.82) is 0 Å². The predicted molar refractivity (Wildman–Crippen MR) is 135 cm³/mol. The molecule has 2 aromatic carbocycles. The number of amides is 2. The average molecular weight is 586 g/mol. The summed E-state index contributed by atoms with van der Waals surface area (Å²) in [5.41, 5.74) is -0.971. The minimum absolute atomic E-state index is 0.107. The first-order valence-electron chi connectivity index (χ1n) is 11.0. The van der Waals surface area contributed by atoms with Crippen molar-refractivity contribution in [2.75, 3.05) is 9.21 Å². The van der Waals surface area contributed by atoms with Crippen molar-refractivity contribution in [2.24, 2.45) is 0 Å². The molecule has 0 aliphatic heterocycles. The van der Waals surface area contributed by atoms with E-state index in [-0.39, 0.29) is 15.4 Å². The number of benzene rings is 2. The molecule has 1 heterocycles. The minimum Gasteiger partial charge on any atom is -0.464 e. The second-order valence-electron chi connectivity index (χ2n) is 9.03. The fourth-order valence-electron chi connectivity index (χ4n) is 3.46. The molecule has 0 unspecified atom stereocenters. The molecule has 0 bridgehead atoms. The van der Waals surface area contributed by atoms with E-state index in [2.05, 4.69) is 4.98 Å². The van der Waals surface area contributed by atoms with Crippen molar-refractivity contribution >= 4 is 50.8 Å². The maximum Gasteiger partial charge on any atom is 0.427 e. The monoisotopic (exact) mass is 585 g/mol. The van der Waals surface area contributed by atoms with Gasteiger partial charge in [0, 0.05) is 16.5 Å². The van der Waals surface area contributed by atoms with Crippen molar-refractivity contribution in [3.8, 4) is 0 Å². The standard InChI is InChI=1S/C24H22F3N3O7S2/c1-13(31)15-6-5-7-17(25)16(15)10-29(23(34)37-24(2,3)4)14-8-18(26)21(19(27)9-14)39(35,36)30(22(32)33)20-11-38-12-28-20/h5-9,11-12H,10H2,1-4H3,(H,32,33). The number of rotatable bonds is 7. The molecule has 208 valence electrons. The molecule has 15 heteroatoms. The summed E-state index contributed by atoms with van der Waals surface area (Å²) in [5.74, 6) is -5.55. The van der Waals surface area contributed by atoms with Crippen molar-refractivity contribution in [2.45, 2.75) is 44.7 Å². The van der Waals surface area contributed by atoms with E-state index in [0.717, 1.165) is 35.2 Å². The van der Waals surface area contributed by atoms with Crippen LogP contribution < -0.4 is 9.21 Å². The van der Waals surface area contributed by atoms with Crippen LogP contribution in [0.4, 0.5) is 34.3 Å². The van der Waals surface area contributed by atoms with Crippen LogP contribution in [0.25, 0.3) is 0 Å². The first-order chi connectivity index (χ1) is 18.0. The number of halogens is 3. The Morgan fingerprint density at radius 3 is 2.18 bits per heavy atom. The highest BCUT2D eigenvalue weighted by molar-refractivity contribution is 7.93. The Balaban J connectivity index is 2.17. The van der Waals surface area contributed by atoms with Crippen LogP contribution in [0.3, 0.4) is 0 Å². The van der Waals surface area contributed by atoms with Crippen LogP contribution in [-0.4, -0.2) is 42.1 Å². The number of ketones is 1. The molecular weight excluding hydrogens is 563 g/mol. The largest absolute Gasteiger partial charge is 0.464 e. The maximum atomic E-state index is 15.3. The first kappa shape index (κ1) is 29.6. The van der Waals surface area contributed by atoms with Gasteiger partial charge >= 0.3 is 12.2 Å². The second-order valence-corrected chi connectivity index (χ2v) is 11.5. The van der Waals surface area contributed by atoms with Crippen LogP contribution in [0.1, 0.15) is 43.6 Å². The van der Waals surface area contributed by atoms with Crippen LogP contribution >= 0.6 is 11.3 Å². The van der Waals surface area contributed by atoms with Crippen LogP contribution in [0.5, 0.6) is 0 Å². The number of ether oxygens (including phenoxy) is 1. The second kappa shape index (κ2) is 11.0. The van der Waals surface area contributed by atoms with Gasteiger partial charge in [0.1, 0.15) is 23.1 Å². The average Bonchev–Trinajstić information content (AvgIpc) is 3.29. The van der Waals surface area contributed by atoms with Gasteiger partial charge in [-0.05, 0) is 45.9 Å². The van der Waals surface area contributed by atoms with E-state index < -0.39 is 74.0 Å². The van der Waals surface area contributed by atoms with E-state index in [1.807, 2.05) is 0 Å². The molecule has 0 radical (unpaired) electrons. The number of anilines is 2. The Kier molecular flexibility index (Phi) is 8.36. The Bertz CT molecular complexity index is 1520. The first-order valence-corrected chi connectivity index (χ1v) is 13.4. The molecule has 0 aliphatic carbocycles. The van der Waals surface area contributed by atoms with Crippen molar-refractivity contribution in [1.82, 2.24) is 4.98 Å². The van der Waals surface area contributed by atoms with Gasteiger partial charge in [0.25, 0.3) is 10.0 Å². The van der Waals surface area contributed by atoms with E-state index in [1.165, 1.54) is 32.9 Å². The molecule has 0 aliphatic rings. The van der Waals surface area contributed by atoms with Gasteiger partial charge in [-0.15, -0.1) is 15.6 Å². The molecule has 3 aromatic rings. The topological polar surface area (TPSA) is 134 Å². The Morgan fingerprint density at radius 2 is 1.69 bits per heavy atom. The summed E-state index contributed by atoms with van der Waals surface area (Å²) < 4.78 is 76.3. The molecule has 1 N–H and O–H groups in total. The van der Waals surface area contributed by atoms with Crippen molar-refractivity contribution < 1.29 is 45.8 Å². The molecule has 0 saturated carbocycles. The summed E-state index contributed by atoms with van der Waals surface area (Å²) >= 11 is 0.843. The lowest BCUT2D eigenvalue weighted by atomic mass is 10.0. The van der Waals surface area contributed by atoms with Gasteiger partial charge in [0.15, 0.2) is 16.5 Å². The Labute approximate surface area is 225 Å². The summed E-state index contributed by atoms with van der Waals surface area (Å²) in [4.78, 5) is 39.4. The third-order valence-electron chi connectivity index (χ3n) is 5.02. The van der Waals surface area contributed by atoms with E-state index in [9.17, 15) is 32.3 Å². The zero-order chi connectivity index (χ0) is 29.3. The molecule has 0 saturated heterocycles. The zero-order valence-electron chi connectivity index (χ0n) is 20.9. The number of carbonyl (C=O) groups excluding carboxylic acids is 2. The Hall–Kier alpha value is -3.98. The van der Waals surface area contributed by atoms with E-state index in [4.69, 9.17) is 4.74 Å². The van der Waals surface area contributed by atoms with Crippen LogP contribution in [0.2, 0.25) is 0 Å². The molecule has 3 rings (SSSR count). The SMILES string of the molecule is CC(=O)c1cccc(F)c1CN(C(=O)OC(C)(C)C)c1cc(F)c(S(=O)(=O)N(C(=O)O)c2cscn2)c(F)c1. The Morgan fingerprint density at radius 1 is 1.08 bits per heavy atom. The number of Topliss-reactive ketones (excluding diaryl/α,β-unsaturated/α-hetero) is 1. The van der Waals surface area contributed by atoms with E-state index in [1.54, 1.807) is 0 Å². The maximum absolute atomic E-state index is 15.3. The van der Waals surface area contributed by atoms with Crippen LogP contribution in [0, 0.1) is 17.5 Å². The summed E-state index contributed by atoms with van der Waals surface area (Å²) in [5, 5.41) is 10.5. The number of carboxylic acid groups (broad SMARTS) is 1. The summed E-state index contributed by atoms with van der Waals surface area (Å²) in [7, 11) is -5.37. The molecule has 1 aromatic heterocycles. The predicted octanol–water partition coefficient (Wildman–Crippen LogP) is 5.58. The van der Waals surface area contributed by atoms with Crippen molar-refractivity contribution in [3.63, 3.8) is 0 Å². The van der Waals surface area contributed by atoms with Crippen molar-refractivity contribution in [3.05, 3.63) is 69.8 Å². The molecule has 10 nitrogen and oxygen atoms in total. The fraction of sp³-hybridized carbons (Fsp3) is 0.250. The highest BCUT2D eigenvalue weighted by Crippen LogP contribution is 2.32. The number of carbonyl (C=O) groups is 3. The lowest BCUT2D eigenvalue weighted by molar-refractivity contribution is 0.0576. The van der Waals surface area contributed by atoms with Crippen LogP contribution in [-0.2, 0) is 21.3 Å². The van der Waals surface area contributed by atoms with Gasteiger partial charge in [-0.2, -0.15) is 0 Å². The zero-order valence-corrected chi connectivity index (χ0v) is 22.6. The smallest absolute Gasteiger partial charge is 0.427 e. The molecule has 0 atom stereocenters. The number of nitrogens with zero attached hydrogens (tertiary/aromatic N) is 3. The molecule has 2 amide bonds.